The van der Waals surface area contributed by atoms with Crippen molar-refractivity contribution in [1.29, 1.82) is 0 Å². The van der Waals surface area contributed by atoms with Gasteiger partial charge in [0.2, 0.25) is 0 Å². The maximum atomic E-state index is 4.70. The normalized spacial score (nSPS) is 10.7. The second kappa shape index (κ2) is 6.35. The maximum absolute atomic E-state index is 4.70. The molecule has 4 heteroatoms. The van der Waals surface area contributed by atoms with Gasteiger partial charge in [0.05, 0.1) is 0 Å². The lowest BCUT2D eigenvalue weighted by Crippen LogP contribution is -2.07. The first-order valence-corrected chi connectivity index (χ1v) is 7.74. The number of nitrogens with zero attached hydrogens (tertiary/aromatic N) is 2. The quantitative estimate of drug-likeness (QED) is 0.893. The third kappa shape index (κ3) is 3.01. The van der Waals surface area contributed by atoms with Gasteiger partial charge in [0.15, 0.2) is 5.82 Å². The van der Waals surface area contributed by atoms with Crippen LogP contribution in [0.1, 0.15) is 30.7 Å². The zero-order valence-corrected chi connectivity index (χ0v) is 14.0. The van der Waals surface area contributed by atoms with Crippen molar-refractivity contribution < 1.29 is 0 Å². The number of halogens is 1. The molecule has 0 saturated carbocycles. The number of benzene rings is 1. The average molecular weight is 334 g/mol. The van der Waals surface area contributed by atoms with E-state index in [1.165, 1.54) is 5.56 Å². The van der Waals surface area contributed by atoms with Crippen LogP contribution < -0.4 is 5.32 Å². The van der Waals surface area contributed by atoms with Crippen LogP contribution >= 0.6 is 15.9 Å². The largest absolute Gasteiger partial charge is 0.370 e. The summed E-state index contributed by atoms with van der Waals surface area (Å²) in [6.45, 7) is 9.21. The average Bonchev–Trinajstić information content (AvgIpc) is 2.44. The van der Waals surface area contributed by atoms with Crippen molar-refractivity contribution in [2.24, 2.45) is 0 Å². The Morgan fingerprint density at radius 2 is 1.90 bits per heavy atom. The Balaban J connectivity index is 2.55. The summed E-state index contributed by atoms with van der Waals surface area (Å²) < 4.78 is 1.09. The molecule has 106 valence electrons. The number of aryl methyl sites for hydroxylation is 2. The van der Waals surface area contributed by atoms with Crippen LogP contribution in [-0.2, 0) is 6.42 Å². The molecule has 0 fully saturated rings. The SMILES string of the molecule is CCNc1nc(-c2ccc(C)c(Br)c2)nc(CC)c1C. The maximum Gasteiger partial charge on any atom is 0.161 e. The number of nitrogens with one attached hydrogen (secondary N) is 1. The molecule has 1 aromatic carbocycles. The predicted molar refractivity (Wildman–Crippen MR) is 88.2 cm³/mol. The van der Waals surface area contributed by atoms with E-state index in [4.69, 9.17) is 4.98 Å². The minimum atomic E-state index is 0.782. The van der Waals surface area contributed by atoms with Gasteiger partial charge in [-0.15, -0.1) is 0 Å². The van der Waals surface area contributed by atoms with Gasteiger partial charge in [0.1, 0.15) is 5.82 Å². The molecule has 0 radical (unpaired) electrons. The van der Waals surface area contributed by atoms with Gasteiger partial charge in [-0.3, -0.25) is 0 Å². The molecule has 0 aliphatic heterocycles. The van der Waals surface area contributed by atoms with E-state index in [1.807, 2.05) is 0 Å². The highest BCUT2D eigenvalue weighted by Gasteiger charge is 2.11. The van der Waals surface area contributed by atoms with E-state index in [0.29, 0.717) is 0 Å². The van der Waals surface area contributed by atoms with Crippen molar-refractivity contribution in [3.63, 3.8) is 0 Å². The number of hydrogen-bond acceptors (Lipinski definition) is 3. The Hall–Kier alpha value is -1.42. The topological polar surface area (TPSA) is 37.8 Å². The van der Waals surface area contributed by atoms with Crippen LogP contribution in [0.15, 0.2) is 22.7 Å². The number of aromatic nitrogens is 2. The van der Waals surface area contributed by atoms with Crippen molar-refractivity contribution in [1.82, 2.24) is 9.97 Å². The van der Waals surface area contributed by atoms with Crippen molar-refractivity contribution in [3.8, 4) is 11.4 Å². The van der Waals surface area contributed by atoms with Gasteiger partial charge < -0.3 is 5.32 Å². The summed E-state index contributed by atoms with van der Waals surface area (Å²) in [5.74, 6) is 1.72. The Morgan fingerprint density at radius 1 is 1.15 bits per heavy atom. The molecule has 0 aliphatic carbocycles. The zero-order chi connectivity index (χ0) is 14.7. The second-order valence-electron chi connectivity index (χ2n) is 4.82. The van der Waals surface area contributed by atoms with Crippen LogP contribution in [-0.4, -0.2) is 16.5 Å². The molecule has 20 heavy (non-hydrogen) atoms. The third-order valence-corrected chi connectivity index (χ3v) is 4.21. The Labute approximate surface area is 129 Å². The molecule has 0 atom stereocenters. The van der Waals surface area contributed by atoms with Crippen LogP contribution in [0.5, 0.6) is 0 Å². The van der Waals surface area contributed by atoms with Crippen molar-refractivity contribution in [2.45, 2.75) is 34.1 Å². The first kappa shape index (κ1) is 15.0. The van der Waals surface area contributed by atoms with Crippen LogP contribution in [0, 0.1) is 13.8 Å². The van der Waals surface area contributed by atoms with E-state index >= 15 is 0 Å². The Morgan fingerprint density at radius 3 is 2.50 bits per heavy atom. The fraction of sp³-hybridized carbons (Fsp3) is 0.375. The molecular formula is C16H20BrN3. The third-order valence-electron chi connectivity index (χ3n) is 3.36. The van der Waals surface area contributed by atoms with Gasteiger partial charge in [0, 0.05) is 27.8 Å². The number of rotatable bonds is 4. The minimum Gasteiger partial charge on any atom is -0.370 e. The number of anilines is 1. The van der Waals surface area contributed by atoms with Crippen LogP contribution in [0.4, 0.5) is 5.82 Å². The van der Waals surface area contributed by atoms with E-state index < -0.39 is 0 Å². The van der Waals surface area contributed by atoms with Crippen LogP contribution in [0.3, 0.4) is 0 Å². The lowest BCUT2D eigenvalue weighted by Gasteiger charge is -2.13. The molecule has 1 N–H and O–H groups in total. The summed E-state index contributed by atoms with van der Waals surface area (Å²) >= 11 is 3.57. The highest BCUT2D eigenvalue weighted by Crippen LogP contribution is 2.26. The summed E-state index contributed by atoms with van der Waals surface area (Å²) in [5, 5.41) is 3.32. The predicted octanol–water partition coefficient (Wildman–Crippen LogP) is 4.52. The second-order valence-corrected chi connectivity index (χ2v) is 5.67. The summed E-state index contributed by atoms with van der Waals surface area (Å²) in [6, 6.07) is 6.23. The molecule has 0 unspecified atom stereocenters. The highest BCUT2D eigenvalue weighted by atomic mass is 79.9. The molecule has 1 aromatic heterocycles. The van der Waals surface area contributed by atoms with E-state index in [1.54, 1.807) is 0 Å². The van der Waals surface area contributed by atoms with Gasteiger partial charge in [-0.05, 0) is 38.8 Å². The van der Waals surface area contributed by atoms with Gasteiger partial charge in [-0.1, -0.05) is 35.0 Å². The first-order valence-electron chi connectivity index (χ1n) is 6.94. The Kier molecular flexibility index (Phi) is 4.76. The molecule has 2 aromatic rings. The van der Waals surface area contributed by atoms with E-state index in [-0.39, 0.29) is 0 Å². The first-order chi connectivity index (χ1) is 9.56. The summed E-state index contributed by atoms with van der Waals surface area (Å²) in [7, 11) is 0. The summed E-state index contributed by atoms with van der Waals surface area (Å²) in [6.07, 6.45) is 0.910. The van der Waals surface area contributed by atoms with Gasteiger partial charge in [-0.25, -0.2) is 9.97 Å². The van der Waals surface area contributed by atoms with Crippen molar-refractivity contribution >= 4 is 21.7 Å². The monoisotopic (exact) mass is 333 g/mol. The van der Waals surface area contributed by atoms with E-state index in [9.17, 15) is 0 Å². The lowest BCUT2D eigenvalue weighted by molar-refractivity contribution is 0.970. The molecule has 1 heterocycles. The van der Waals surface area contributed by atoms with E-state index in [2.05, 4.69) is 72.1 Å². The molecule has 0 bridgehead atoms. The molecular weight excluding hydrogens is 314 g/mol. The zero-order valence-electron chi connectivity index (χ0n) is 12.4. The molecule has 0 saturated heterocycles. The van der Waals surface area contributed by atoms with Crippen LogP contribution in [0.25, 0.3) is 11.4 Å². The fourth-order valence-corrected chi connectivity index (χ4v) is 2.49. The molecule has 0 amide bonds. The summed E-state index contributed by atoms with van der Waals surface area (Å²) in [5.41, 5.74) is 4.49. The molecule has 0 aliphatic rings. The molecule has 0 spiro atoms. The fourth-order valence-electron chi connectivity index (χ4n) is 2.11. The van der Waals surface area contributed by atoms with Crippen molar-refractivity contribution in [3.05, 3.63) is 39.5 Å². The standard InChI is InChI=1S/C16H20BrN3/c1-5-14-11(4)15(18-6-2)20-16(19-14)12-8-7-10(3)13(17)9-12/h7-9H,5-6H2,1-4H3,(H,18,19,20). The minimum absolute atomic E-state index is 0.782. The lowest BCUT2D eigenvalue weighted by atomic mass is 10.1. The van der Waals surface area contributed by atoms with E-state index in [0.717, 1.165) is 45.9 Å². The molecule has 2 rings (SSSR count). The van der Waals surface area contributed by atoms with Crippen LogP contribution in [0.2, 0.25) is 0 Å². The van der Waals surface area contributed by atoms with Gasteiger partial charge >= 0.3 is 0 Å². The summed E-state index contributed by atoms with van der Waals surface area (Å²) in [4.78, 5) is 9.37. The highest BCUT2D eigenvalue weighted by molar-refractivity contribution is 9.10. The smallest absolute Gasteiger partial charge is 0.161 e. The number of hydrogen-bond donors (Lipinski definition) is 1. The van der Waals surface area contributed by atoms with Crippen molar-refractivity contribution in [2.75, 3.05) is 11.9 Å². The van der Waals surface area contributed by atoms with Gasteiger partial charge in [0.25, 0.3) is 0 Å². The van der Waals surface area contributed by atoms with Gasteiger partial charge in [-0.2, -0.15) is 0 Å². The Bertz CT molecular complexity index is 623. The molecule has 3 nitrogen and oxygen atoms in total.